The van der Waals surface area contributed by atoms with E-state index < -0.39 is 11.1 Å². The molecule has 0 fully saturated rings. The zero-order valence-corrected chi connectivity index (χ0v) is 7.27. The lowest BCUT2D eigenvalue weighted by Gasteiger charge is -1.95. The molecular formula is C10H7NO3. The Balaban J connectivity index is 2.15. The van der Waals surface area contributed by atoms with Crippen LogP contribution in [0, 0.1) is 0 Å². The molecule has 0 aliphatic carbocycles. The van der Waals surface area contributed by atoms with Gasteiger partial charge in [-0.15, -0.1) is 0 Å². The second-order valence-electron chi connectivity index (χ2n) is 2.99. The monoisotopic (exact) mass is 189 g/mol. The molecule has 70 valence electrons. The molecule has 0 N–H and O–H groups in total. The summed E-state index contributed by atoms with van der Waals surface area (Å²) < 4.78 is 0.926. The lowest BCUT2D eigenvalue weighted by Crippen LogP contribution is -2.09. The molecule has 2 rings (SSSR count). The number of nitrogens with zero attached hydrogens (tertiary/aromatic N) is 1. The smallest absolute Gasteiger partial charge is 0.292 e. The van der Waals surface area contributed by atoms with Crippen molar-refractivity contribution >= 4 is 5.78 Å². The van der Waals surface area contributed by atoms with Gasteiger partial charge in [-0.25, -0.2) is 0 Å². The molecule has 14 heavy (non-hydrogen) atoms. The highest BCUT2D eigenvalue weighted by molar-refractivity contribution is 5.95. The molecule has 4 nitrogen and oxygen atoms in total. The van der Waals surface area contributed by atoms with Gasteiger partial charge in [0, 0.05) is 5.56 Å². The van der Waals surface area contributed by atoms with Crippen molar-refractivity contribution in [2.24, 2.45) is 0 Å². The Morgan fingerprint density at radius 2 is 1.64 bits per heavy atom. The van der Waals surface area contributed by atoms with Crippen LogP contribution in [0.25, 0.3) is 0 Å². The number of carbonyl (C=O) groups is 1. The van der Waals surface area contributed by atoms with Crippen LogP contribution in [0.4, 0.5) is 0 Å². The van der Waals surface area contributed by atoms with Crippen LogP contribution >= 0.6 is 0 Å². The van der Waals surface area contributed by atoms with Crippen LogP contribution in [0.2, 0.25) is 0 Å². The van der Waals surface area contributed by atoms with Gasteiger partial charge in [-0.2, -0.15) is 0 Å². The average molecular weight is 189 g/mol. The van der Waals surface area contributed by atoms with E-state index in [0.29, 0.717) is 5.56 Å². The topological polar surface area (TPSA) is 56.1 Å². The number of aromatic nitrogens is 1. The third-order valence-electron chi connectivity index (χ3n) is 2.02. The Hall–Kier alpha value is -1.97. The SMILES string of the molecule is O=C(Cn1c(=O)c1=O)c1ccccc1. The highest BCUT2D eigenvalue weighted by atomic mass is 16.2. The van der Waals surface area contributed by atoms with Crippen molar-refractivity contribution in [1.29, 1.82) is 0 Å². The van der Waals surface area contributed by atoms with Crippen LogP contribution in [-0.4, -0.2) is 10.4 Å². The summed E-state index contributed by atoms with van der Waals surface area (Å²) in [4.78, 5) is 32.7. The van der Waals surface area contributed by atoms with Gasteiger partial charge >= 0.3 is 11.1 Å². The maximum Gasteiger partial charge on any atom is 0.320 e. The van der Waals surface area contributed by atoms with Gasteiger partial charge in [-0.1, -0.05) is 30.3 Å². The molecule has 0 atom stereocenters. The second-order valence-corrected chi connectivity index (χ2v) is 2.99. The highest BCUT2D eigenvalue weighted by Gasteiger charge is 2.19. The number of ketones is 1. The molecule has 0 amide bonds. The number of rotatable bonds is 3. The van der Waals surface area contributed by atoms with Gasteiger partial charge in [0.25, 0.3) is 0 Å². The molecule has 4 heteroatoms. The third-order valence-corrected chi connectivity index (χ3v) is 2.02. The van der Waals surface area contributed by atoms with E-state index in [0.717, 1.165) is 4.57 Å². The largest absolute Gasteiger partial charge is 0.320 e. The molecule has 1 heterocycles. The van der Waals surface area contributed by atoms with Crippen LogP contribution in [-0.2, 0) is 6.54 Å². The van der Waals surface area contributed by atoms with E-state index in [1.807, 2.05) is 0 Å². The maximum atomic E-state index is 11.4. The number of hydrogen-bond acceptors (Lipinski definition) is 3. The van der Waals surface area contributed by atoms with Gasteiger partial charge < -0.3 is 0 Å². The van der Waals surface area contributed by atoms with Crippen LogP contribution < -0.4 is 11.1 Å². The first kappa shape index (κ1) is 8.62. The fraction of sp³-hybridized carbons (Fsp3) is 0.100. The van der Waals surface area contributed by atoms with E-state index in [-0.39, 0.29) is 12.3 Å². The van der Waals surface area contributed by atoms with E-state index in [9.17, 15) is 14.4 Å². The molecule has 1 aromatic carbocycles. The van der Waals surface area contributed by atoms with E-state index in [4.69, 9.17) is 0 Å². The van der Waals surface area contributed by atoms with Crippen LogP contribution in [0.3, 0.4) is 0 Å². The number of benzene rings is 1. The van der Waals surface area contributed by atoms with Crippen molar-refractivity contribution in [3.05, 3.63) is 56.6 Å². The van der Waals surface area contributed by atoms with Gasteiger partial charge in [0.15, 0.2) is 5.78 Å². The molecule has 0 aliphatic rings. The van der Waals surface area contributed by atoms with E-state index in [1.54, 1.807) is 30.3 Å². The second kappa shape index (κ2) is 3.06. The molecule has 2 aromatic rings. The molecule has 0 unspecified atom stereocenters. The molecule has 0 saturated carbocycles. The van der Waals surface area contributed by atoms with Crippen LogP contribution in [0.1, 0.15) is 10.4 Å². The van der Waals surface area contributed by atoms with Crippen molar-refractivity contribution in [3.8, 4) is 0 Å². The first-order valence-corrected chi connectivity index (χ1v) is 4.14. The fourth-order valence-electron chi connectivity index (χ4n) is 1.17. The van der Waals surface area contributed by atoms with Crippen molar-refractivity contribution in [3.63, 3.8) is 0 Å². The minimum Gasteiger partial charge on any atom is -0.292 e. The Labute approximate surface area is 79.1 Å². The minimum atomic E-state index is -0.575. The van der Waals surface area contributed by atoms with Gasteiger partial charge in [0.1, 0.15) is 0 Å². The summed E-state index contributed by atoms with van der Waals surface area (Å²) in [5.41, 5.74) is -0.636. The lowest BCUT2D eigenvalue weighted by molar-refractivity contribution is 0.0974. The first-order chi connectivity index (χ1) is 6.70. The number of Topliss-reactive ketones (excluding diaryl/α,β-unsaturated/α-hetero) is 1. The van der Waals surface area contributed by atoms with Gasteiger partial charge in [0.2, 0.25) is 0 Å². The van der Waals surface area contributed by atoms with Crippen LogP contribution in [0.15, 0.2) is 39.9 Å². The van der Waals surface area contributed by atoms with Crippen LogP contribution in [0.5, 0.6) is 0 Å². The third kappa shape index (κ3) is 1.42. The minimum absolute atomic E-state index is 0.137. The standard InChI is InChI=1S/C10H7NO3/c12-8(6-11-9(13)10(11)14)7-4-2-1-3-5-7/h1-5H,6H2. The Morgan fingerprint density at radius 1 is 1.07 bits per heavy atom. The quantitative estimate of drug-likeness (QED) is 0.503. The van der Waals surface area contributed by atoms with Crippen molar-refractivity contribution in [2.75, 3.05) is 0 Å². The Morgan fingerprint density at radius 3 is 2.14 bits per heavy atom. The molecule has 0 saturated heterocycles. The van der Waals surface area contributed by atoms with Crippen molar-refractivity contribution in [1.82, 2.24) is 4.57 Å². The molecule has 0 radical (unpaired) electrons. The summed E-state index contributed by atoms with van der Waals surface area (Å²) >= 11 is 0. The number of carbonyl (C=O) groups excluding carboxylic acids is 1. The summed E-state index contributed by atoms with van der Waals surface area (Å²) in [6.07, 6.45) is 0. The predicted molar refractivity (Wildman–Crippen MR) is 50.1 cm³/mol. The molecule has 0 bridgehead atoms. The van der Waals surface area contributed by atoms with E-state index in [2.05, 4.69) is 0 Å². The number of hydrogen-bond donors (Lipinski definition) is 0. The summed E-state index contributed by atoms with van der Waals surface area (Å²) in [7, 11) is 0. The lowest BCUT2D eigenvalue weighted by atomic mass is 10.1. The average Bonchev–Trinajstić information content (AvgIpc) is 2.77. The zero-order valence-electron chi connectivity index (χ0n) is 7.27. The van der Waals surface area contributed by atoms with Gasteiger partial charge in [-0.05, 0) is 0 Å². The molecule has 0 spiro atoms. The van der Waals surface area contributed by atoms with E-state index >= 15 is 0 Å². The van der Waals surface area contributed by atoms with Gasteiger partial charge in [0.05, 0.1) is 6.54 Å². The maximum absolute atomic E-state index is 11.4. The van der Waals surface area contributed by atoms with Crippen molar-refractivity contribution in [2.45, 2.75) is 6.54 Å². The Kier molecular flexibility index (Phi) is 1.89. The summed E-state index contributed by atoms with van der Waals surface area (Å²) in [6, 6.07) is 8.57. The first-order valence-electron chi connectivity index (χ1n) is 4.14. The van der Waals surface area contributed by atoms with Crippen molar-refractivity contribution < 1.29 is 4.79 Å². The fourth-order valence-corrected chi connectivity index (χ4v) is 1.17. The normalized spacial score (nSPS) is 10.6. The highest BCUT2D eigenvalue weighted by Crippen LogP contribution is 2.00. The van der Waals surface area contributed by atoms with Gasteiger partial charge in [-0.3, -0.25) is 19.0 Å². The predicted octanol–water partition coefficient (Wildman–Crippen LogP) is -0.0330. The zero-order chi connectivity index (χ0) is 10.1. The molecular weight excluding hydrogens is 182 g/mol. The summed E-state index contributed by atoms with van der Waals surface area (Å²) in [5.74, 6) is -0.218. The van der Waals surface area contributed by atoms with E-state index in [1.165, 1.54) is 0 Å². The summed E-state index contributed by atoms with van der Waals surface area (Å²) in [5, 5.41) is 0. The molecule has 1 aromatic heterocycles. The Bertz CT molecular complexity index is 507. The molecule has 0 aliphatic heterocycles. The summed E-state index contributed by atoms with van der Waals surface area (Å²) in [6.45, 7) is -0.137.